The Morgan fingerprint density at radius 3 is 2.50 bits per heavy atom. The first-order chi connectivity index (χ1) is 29.4. The number of hydrogen-bond acceptors (Lipinski definition) is 13. The van der Waals surface area contributed by atoms with Crippen molar-refractivity contribution >= 4 is 69.8 Å². The van der Waals surface area contributed by atoms with E-state index in [1.807, 2.05) is 30.0 Å². The summed E-state index contributed by atoms with van der Waals surface area (Å²) in [5.41, 5.74) is 1.49. The molecule has 0 bridgehead atoms. The van der Waals surface area contributed by atoms with E-state index in [0.29, 0.717) is 72.8 Å². The number of carbonyl (C=O) groups excluding carboxylic acids is 1. The van der Waals surface area contributed by atoms with Gasteiger partial charge in [0.05, 0.1) is 23.4 Å². The minimum absolute atomic E-state index is 0.00105. The molecule has 5 rings (SSSR count). The molecular weight excluding hydrogens is 850 g/mol. The molecule has 0 fully saturated rings. The predicted octanol–water partition coefficient (Wildman–Crippen LogP) is 8.78. The lowest BCUT2D eigenvalue weighted by molar-refractivity contribution is 0.0320. The van der Waals surface area contributed by atoms with E-state index >= 15 is 0 Å². The van der Waals surface area contributed by atoms with E-state index in [2.05, 4.69) is 63.4 Å². The van der Waals surface area contributed by atoms with E-state index in [1.54, 1.807) is 45.2 Å². The van der Waals surface area contributed by atoms with Crippen molar-refractivity contribution in [3.63, 3.8) is 0 Å². The van der Waals surface area contributed by atoms with Crippen molar-refractivity contribution in [2.24, 2.45) is 4.99 Å². The number of carbonyl (C=O) groups is 2. The number of thiazole rings is 2. The standard InChI is InChI=1S/C44H56FN7O7S2Si/c1-30-27-37(48-49-39(30)47-42-52(29-57-25-26-62(6,7)8)33-16-9-10-17-35(33)60-42)51(22-11-12-23-53)41-46-38(40(54)55)36(61-41)18-14-24-58-34-20-19-31(28-32(34)45)15-13-21-50(5)43(56)59-44(2,3)4/h9-10,16-17,19-20,27-28,53H,11-12,14,18,21-26,29H2,1-8H3,(H,54,55)/b47-42-. The van der Waals surface area contributed by atoms with Crippen LogP contribution in [-0.4, -0.2) is 101 Å². The summed E-state index contributed by atoms with van der Waals surface area (Å²) in [4.78, 5) is 38.4. The molecule has 0 spiro atoms. The van der Waals surface area contributed by atoms with E-state index in [0.717, 1.165) is 26.6 Å². The predicted molar refractivity (Wildman–Crippen MR) is 244 cm³/mol. The Bertz CT molecular complexity index is 2470. The van der Waals surface area contributed by atoms with Gasteiger partial charge in [0.25, 0.3) is 0 Å². The number of aliphatic hydroxyl groups excluding tert-OH is 1. The summed E-state index contributed by atoms with van der Waals surface area (Å²) in [5, 5.41) is 29.2. The minimum atomic E-state index is -1.26. The number of halogens is 1. The van der Waals surface area contributed by atoms with Gasteiger partial charge in [-0.25, -0.2) is 19.0 Å². The molecule has 2 N–H and O–H groups in total. The number of aliphatic hydroxyl groups is 1. The van der Waals surface area contributed by atoms with Crippen LogP contribution in [0.4, 0.5) is 26.0 Å². The van der Waals surface area contributed by atoms with Crippen LogP contribution in [0.3, 0.4) is 0 Å². The Labute approximate surface area is 371 Å². The number of aryl methyl sites for hydroxylation is 2. The molecule has 0 saturated carbocycles. The third kappa shape index (κ3) is 13.9. The van der Waals surface area contributed by atoms with Crippen molar-refractivity contribution < 1.29 is 38.4 Å². The smallest absolute Gasteiger partial charge is 0.410 e. The van der Waals surface area contributed by atoms with Gasteiger partial charge in [-0.15, -0.1) is 21.5 Å². The monoisotopic (exact) mass is 905 g/mol. The lowest BCUT2D eigenvalue weighted by Crippen LogP contribution is -2.34. The Hall–Kier alpha value is -5.19. The molecule has 1 amide bonds. The number of ether oxygens (including phenoxy) is 3. The van der Waals surface area contributed by atoms with Crippen LogP contribution in [0.1, 0.15) is 66.5 Å². The van der Waals surface area contributed by atoms with Crippen LogP contribution in [0.15, 0.2) is 53.5 Å². The average Bonchev–Trinajstić information content (AvgIpc) is 3.78. The Balaban J connectivity index is 1.28. The number of nitrogens with zero attached hydrogens (tertiary/aromatic N) is 7. The average molecular weight is 906 g/mol. The number of amides is 1. The number of anilines is 2. The van der Waals surface area contributed by atoms with Crippen LogP contribution in [0.25, 0.3) is 10.2 Å². The highest BCUT2D eigenvalue weighted by molar-refractivity contribution is 7.16. The largest absolute Gasteiger partial charge is 0.491 e. The SMILES string of the molecule is Cc1cc(N(CCCCO)c2nc(C(=O)O)c(CCCOc3ccc(C#CCN(C)C(=O)OC(C)(C)C)cc3F)s2)nnc1/N=c1\sc2ccccc2n1COCC[Si](C)(C)C. The summed E-state index contributed by atoms with van der Waals surface area (Å²) >= 11 is 2.78. The molecule has 62 heavy (non-hydrogen) atoms. The number of rotatable bonds is 19. The number of aromatic carboxylic acids is 1. The third-order valence-corrected chi connectivity index (χ3v) is 13.0. The number of fused-ring (bicyclic) bond motifs is 1. The second-order valence-electron chi connectivity index (χ2n) is 16.8. The summed E-state index contributed by atoms with van der Waals surface area (Å²) in [6.07, 6.45) is 1.32. The van der Waals surface area contributed by atoms with Crippen LogP contribution < -0.4 is 14.4 Å². The summed E-state index contributed by atoms with van der Waals surface area (Å²) in [6, 6.07) is 15.4. The molecule has 5 aromatic rings. The molecule has 18 heteroatoms. The van der Waals surface area contributed by atoms with E-state index in [1.165, 1.54) is 28.4 Å². The first-order valence-electron chi connectivity index (χ1n) is 20.4. The summed E-state index contributed by atoms with van der Waals surface area (Å²) < 4.78 is 35.3. The number of benzene rings is 2. The lowest BCUT2D eigenvalue weighted by Gasteiger charge is -2.23. The first kappa shape index (κ1) is 47.8. The van der Waals surface area contributed by atoms with Gasteiger partial charge in [-0.2, -0.15) is 4.99 Å². The molecule has 0 aliphatic heterocycles. The van der Waals surface area contributed by atoms with Gasteiger partial charge in [-0.1, -0.05) is 55.0 Å². The van der Waals surface area contributed by atoms with E-state index < -0.39 is 31.6 Å². The zero-order valence-electron chi connectivity index (χ0n) is 36.7. The van der Waals surface area contributed by atoms with Gasteiger partial charge in [-0.05, 0) is 101 Å². The summed E-state index contributed by atoms with van der Waals surface area (Å²) in [6.45, 7) is 15.9. The molecule has 3 aromatic heterocycles. The lowest BCUT2D eigenvalue weighted by atomic mass is 10.2. The molecular formula is C44H56FN7O7S2Si. The molecule has 14 nitrogen and oxygen atoms in total. The second kappa shape index (κ2) is 21.7. The highest BCUT2D eigenvalue weighted by Gasteiger charge is 2.24. The normalized spacial score (nSPS) is 12.0. The highest BCUT2D eigenvalue weighted by atomic mass is 32.1. The maximum atomic E-state index is 15.0. The third-order valence-electron chi connectivity index (χ3n) is 9.13. The molecule has 0 aliphatic rings. The first-order valence-corrected chi connectivity index (χ1v) is 25.8. The maximum Gasteiger partial charge on any atom is 0.410 e. The van der Waals surface area contributed by atoms with E-state index in [9.17, 15) is 24.2 Å². The van der Waals surface area contributed by atoms with Crippen molar-refractivity contribution in [2.45, 2.75) is 91.4 Å². The van der Waals surface area contributed by atoms with Gasteiger partial charge in [0.15, 0.2) is 38.8 Å². The minimum Gasteiger partial charge on any atom is -0.491 e. The van der Waals surface area contributed by atoms with Gasteiger partial charge < -0.3 is 34.2 Å². The molecule has 2 aromatic carbocycles. The fraction of sp³-hybridized carbons (Fsp3) is 0.455. The van der Waals surface area contributed by atoms with E-state index in [4.69, 9.17) is 19.2 Å². The molecule has 0 radical (unpaired) electrons. The van der Waals surface area contributed by atoms with Gasteiger partial charge in [-0.3, -0.25) is 4.57 Å². The fourth-order valence-corrected chi connectivity index (χ4v) is 8.72. The summed E-state index contributed by atoms with van der Waals surface area (Å²) in [7, 11) is 0.314. The topological polar surface area (TPSA) is 165 Å². The van der Waals surface area contributed by atoms with Crippen molar-refractivity contribution in [3.05, 3.63) is 80.8 Å². The van der Waals surface area contributed by atoms with Gasteiger partial charge in [0, 0.05) is 45.3 Å². The Morgan fingerprint density at radius 1 is 1.03 bits per heavy atom. The Morgan fingerprint density at radius 2 is 1.81 bits per heavy atom. The zero-order valence-corrected chi connectivity index (χ0v) is 39.3. The van der Waals surface area contributed by atoms with E-state index in [-0.39, 0.29) is 31.2 Å². The number of para-hydroxylation sites is 1. The number of aromatic nitrogens is 4. The number of carboxylic acid groups (broad SMARTS) is 1. The van der Waals surface area contributed by atoms with Gasteiger partial charge in [0.2, 0.25) is 0 Å². The number of carboxylic acids is 1. The molecule has 332 valence electrons. The fourth-order valence-electron chi connectivity index (χ4n) is 5.82. The zero-order chi connectivity index (χ0) is 45.0. The quantitative estimate of drug-likeness (QED) is 0.0462. The molecule has 0 aliphatic carbocycles. The van der Waals surface area contributed by atoms with Crippen LogP contribution in [-0.2, 0) is 22.6 Å². The Kier molecular flexibility index (Phi) is 16.8. The summed E-state index contributed by atoms with van der Waals surface area (Å²) in [5.74, 6) is 4.89. The number of unbranched alkanes of at least 4 members (excludes halogenated alkanes) is 1. The van der Waals surface area contributed by atoms with Crippen LogP contribution >= 0.6 is 22.7 Å². The number of hydrogen-bond donors (Lipinski definition) is 2. The van der Waals surface area contributed by atoms with Crippen molar-refractivity contribution in [1.29, 1.82) is 0 Å². The second-order valence-corrected chi connectivity index (χ2v) is 24.5. The molecule has 0 unspecified atom stereocenters. The molecule has 0 saturated heterocycles. The maximum absolute atomic E-state index is 15.0. The molecule has 3 heterocycles. The molecule has 0 atom stereocenters. The van der Waals surface area contributed by atoms with Crippen LogP contribution in [0, 0.1) is 24.6 Å². The van der Waals surface area contributed by atoms with Crippen molar-refractivity contribution in [1.82, 2.24) is 24.6 Å². The van der Waals surface area contributed by atoms with Crippen LogP contribution in [0.2, 0.25) is 25.7 Å². The highest BCUT2D eigenvalue weighted by Crippen LogP contribution is 2.34. The van der Waals surface area contributed by atoms with Crippen molar-refractivity contribution in [3.8, 4) is 17.6 Å². The van der Waals surface area contributed by atoms with Gasteiger partial charge in [0.1, 0.15) is 12.3 Å². The van der Waals surface area contributed by atoms with Crippen LogP contribution in [0.5, 0.6) is 5.75 Å². The van der Waals surface area contributed by atoms with Gasteiger partial charge >= 0.3 is 12.1 Å². The van der Waals surface area contributed by atoms with Crippen molar-refractivity contribution in [2.75, 3.05) is 44.9 Å².